The van der Waals surface area contributed by atoms with Gasteiger partial charge in [0.15, 0.2) is 23.0 Å². The lowest BCUT2D eigenvalue weighted by Gasteiger charge is -2.39. The van der Waals surface area contributed by atoms with Gasteiger partial charge in [-0.2, -0.15) is 18.3 Å². The van der Waals surface area contributed by atoms with Crippen molar-refractivity contribution in [1.29, 1.82) is 0 Å². The number of hydrogen-bond acceptors (Lipinski definition) is 8. The molecular weight excluding hydrogens is 489 g/mol. The molecule has 5 rings (SSSR count). The van der Waals surface area contributed by atoms with Crippen molar-refractivity contribution in [2.45, 2.75) is 50.3 Å². The number of nitrogens with zero attached hydrogens (tertiary/aromatic N) is 5. The molecule has 0 saturated carbocycles. The van der Waals surface area contributed by atoms with E-state index in [1.165, 1.54) is 18.5 Å². The van der Waals surface area contributed by atoms with E-state index in [9.17, 15) is 13.2 Å². The SMILES string of the molecule is Cc1ncoc1C1=NNC(C)(SCCCN2CC[C@@H]3CCN(c4ccc(C(F)(F)F)cc4)[C@@H]3C2)N1C. The molecular formula is C25H33F3N6OS. The predicted molar refractivity (Wildman–Crippen MR) is 136 cm³/mol. The highest BCUT2D eigenvalue weighted by atomic mass is 32.2. The van der Waals surface area contributed by atoms with Crippen molar-refractivity contribution in [3.63, 3.8) is 0 Å². The van der Waals surface area contributed by atoms with E-state index in [0.717, 1.165) is 68.4 Å². The van der Waals surface area contributed by atoms with Gasteiger partial charge in [-0.1, -0.05) is 0 Å². The maximum absolute atomic E-state index is 13.0. The number of oxazole rings is 1. The molecule has 11 heteroatoms. The molecule has 7 nitrogen and oxygen atoms in total. The van der Waals surface area contributed by atoms with Crippen LogP contribution in [-0.4, -0.2) is 70.6 Å². The number of likely N-dealkylation sites (tertiary alicyclic amines) is 1. The Labute approximate surface area is 214 Å². The molecule has 3 aliphatic rings. The fourth-order valence-corrected chi connectivity index (χ4v) is 6.55. The van der Waals surface area contributed by atoms with Gasteiger partial charge in [0, 0.05) is 31.9 Å². The van der Waals surface area contributed by atoms with E-state index in [4.69, 9.17) is 4.42 Å². The Balaban J connectivity index is 1.11. The Morgan fingerprint density at radius 3 is 2.64 bits per heavy atom. The second kappa shape index (κ2) is 9.81. The third kappa shape index (κ3) is 4.91. The van der Waals surface area contributed by atoms with Gasteiger partial charge in [0.25, 0.3) is 0 Å². The van der Waals surface area contributed by atoms with Crippen molar-refractivity contribution in [1.82, 2.24) is 20.2 Å². The summed E-state index contributed by atoms with van der Waals surface area (Å²) in [7, 11) is 2.01. The van der Waals surface area contributed by atoms with Crippen LogP contribution in [0.4, 0.5) is 18.9 Å². The number of aryl methyl sites for hydroxylation is 1. The van der Waals surface area contributed by atoms with E-state index in [1.807, 2.05) is 25.7 Å². The van der Waals surface area contributed by atoms with Crippen molar-refractivity contribution >= 4 is 23.3 Å². The van der Waals surface area contributed by atoms with Gasteiger partial charge < -0.3 is 19.1 Å². The average molecular weight is 523 g/mol. The van der Waals surface area contributed by atoms with Gasteiger partial charge in [-0.25, -0.2) is 4.98 Å². The van der Waals surface area contributed by atoms with Crippen LogP contribution in [0.2, 0.25) is 0 Å². The molecule has 2 fully saturated rings. The number of amidine groups is 1. The monoisotopic (exact) mass is 522 g/mol. The van der Waals surface area contributed by atoms with Crippen LogP contribution in [0.5, 0.6) is 0 Å². The molecule has 1 unspecified atom stereocenters. The van der Waals surface area contributed by atoms with Crippen molar-refractivity contribution in [2.75, 3.05) is 43.9 Å². The number of aromatic nitrogens is 1. The van der Waals surface area contributed by atoms with Gasteiger partial charge in [-0.15, -0.1) is 11.8 Å². The van der Waals surface area contributed by atoms with Crippen molar-refractivity contribution < 1.29 is 17.6 Å². The summed E-state index contributed by atoms with van der Waals surface area (Å²) in [6, 6.07) is 6.03. The number of anilines is 1. The molecule has 2 saturated heterocycles. The maximum atomic E-state index is 13.0. The van der Waals surface area contributed by atoms with Crippen LogP contribution in [0, 0.1) is 12.8 Å². The molecule has 0 aliphatic carbocycles. The molecule has 36 heavy (non-hydrogen) atoms. The summed E-state index contributed by atoms with van der Waals surface area (Å²) in [5, 5.41) is 4.49. The molecule has 0 bridgehead atoms. The van der Waals surface area contributed by atoms with E-state index >= 15 is 0 Å². The quantitative estimate of drug-likeness (QED) is 0.534. The van der Waals surface area contributed by atoms with Gasteiger partial charge >= 0.3 is 6.18 Å². The highest BCUT2D eigenvalue weighted by Crippen LogP contribution is 2.37. The zero-order chi connectivity index (χ0) is 25.5. The molecule has 3 atom stereocenters. The lowest BCUT2D eigenvalue weighted by Crippen LogP contribution is -2.49. The van der Waals surface area contributed by atoms with E-state index < -0.39 is 11.7 Å². The van der Waals surface area contributed by atoms with Crippen LogP contribution in [0.15, 0.2) is 40.2 Å². The molecule has 0 radical (unpaired) electrons. The van der Waals surface area contributed by atoms with Gasteiger partial charge in [0.05, 0.1) is 11.3 Å². The number of benzene rings is 1. The Morgan fingerprint density at radius 1 is 1.19 bits per heavy atom. The lowest BCUT2D eigenvalue weighted by atomic mass is 9.92. The van der Waals surface area contributed by atoms with E-state index in [1.54, 1.807) is 12.1 Å². The first-order valence-corrected chi connectivity index (χ1v) is 13.4. The summed E-state index contributed by atoms with van der Waals surface area (Å²) >= 11 is 1.82. The number of fused-ring (bicyclic) bond motifs is 1. The normalized spacial score (nSPS) is 26.8. The third-order valence-electron chi connectivity index (χ3n) is 7.75. The summed E-state index contributed by atoms with van der Waals surface area (Å²) in [5.74, 6) is 3.03. The predicted octanol–water partition coefficient (Wildman–Crippen LogP) is 4.60. The Bertz CT molecular complexity index is 1090. The molecule has 0 amide bonds. The van der Waals surface area contributed by atoms with E-state index in [0.29, 0.717) is 17.7 Å². The zero-order valence-corrected chi connectivity index (χ0v) is 21.7. The molecule has 2 aromatic rings. The molecule has 1 aromatic heterocycles. The molecule has 4 heterocycles. The smallest absolute Gasteiger partial charge is 0.416 e. The van der Waals surface area contributed by atoms with Crippen LogP contribution < -0.4 is 10.3 Å². The highest BCUT2D eigenvalue weighted by molar-refractivity contribution is 8.00. The third-order valence-corrected chi connectivity index (χ3v) is 9.17. The Morgan fingerprint density at radius 2 is 1.94 bits per heavy atom. The molecule has 0 spiro atoms. The standard InChI is InChI=1S/C25H33F3N6OS/c1-17-22(35-16-29-17)23-30-31-24(2,32(23)3)36-14-4-11-33-12-9-18-10-13-34(21(18)15-33)20-7-5-19(6-8-20)25(26,27)28/h5-8,16,18,21,31H,4,9-15H2,1-3H3/t18-,21-,24?/m1/s1. The fourth-order valence-electron chi connectivity index (χ4n) is 5.49. The van der Waals surface area contributed by atoms with Crippen LogP contribution >= 0.6 is 11.8 Å². The first kappa shape index (κ1) is 25.3. The van der Waals surface area contributed by atoms with Crippen LogP contribution in [0.25, 0.3) is 0 Å². The number of halogens is 3. The van der Waals surface area contributed by atoms with Crippen LogP contribution in [-0.2, 0) is 6.18 Å². The first-order chi connectivity index (χ1) is 17.2. The maximum Gasteiger partial charge on any atom is 0.416 e. The van der Waals surface area contributed by atoms with Crippen molar-refractivity contribution in [3.05, 3.63) is 47.7 Å². The summed E-state index contributed by atoms with van der Waals surface area (Å²) in [5.41, 5.74) is 4.38. The summed E-state index contributed by atoms with van der Waals surface area (Å²) in [4.78, 5) is 10.7. The molecule has 196 valence electrons. The summed E-state index contributed by atoms with van der Waals surface area (Å²) in [6.45, 7) is 7.99. The molecule has 1 N–H and O–H groups in total. The second-order valence-corrected chi connectivity index (χ2v) is 11.5. The Hall–Kier alpha value is -2.40. The number of hydrogen-bond donors (Lipinski definition) is 1. The molecule has 1 aromatic carbocycles. The Kier molecular flexibility index (Phi) is 6.88. The number of piperidine rings is 1. The van der Waals surface area contributed by atoms with Gasteiger partial charge in [0.1, 0.15) is 0 Å². The lowest BCUT2D eigenvalue weighted by molar-refractivity contribution is -0.137. The molecule has 3 aliphatic heterocycles. The van der Waals surface area contributed by atoms with Crippen LogP contribution in [0.3, 0.4) is 0 Å². The van der Waals surface area contributed by atoms with E-state index in [-0.39, 0.29) is 4.99 Å². The highest BCUT2D eigenvalue weighted by Gasteiger charge is 2.40. The minimum atomic E-state index is -4.30. The zero-order valence-electron chi connectivity index (χ0n) is 20.9. The first-order valence-electron chi connectivity index (χ1n) is 12.4. The number of nitrogens with one attached hydrogen (secondary N) is 1. The number of alkyl halides is 3. The summed E-state index contributed by atoms with van der Waals surface area (Å²) in [6.07, 6.45) is 0.442. The van der Waals surface area contributed by atoms with E-state index in [2.05, 4.69) is 37.1 Å². The number of rotatable bonds is 7. The van der Waals surface area contributed by atoms with Crippen molar-refractivity contribution in [3.8, 4) is 0 Å². The topological polar surface area (TPSA) is 60.1 Å². The summed E-state index contributed by atoms with van der Waals surface area (Å²) < 4.78 is 44.4. The number of thioether (sulfide) groups is 1. The van der Waals surface area contributed by atoms with Gasteiger partial charge in [0.2, 0.25) is 0 Å². The average Bonchev–Trinajstić information content (AvgIpc) is 3.54. The largest absolute Gasteiger partial charge is 0.440 e. The second-order valence-electron chi connectivity index (χ2n) is 10.0. The van der Waals surface area contributed by atoms with Gasteiger partial charge in [-0.05, 0) is 82.1 Å². The minimum Gasteiger partial charge on any atom is -0.440 e. The fraction of sp³-hybridized carbons (Fsp3) is 0.600. The number of hydrazone groups is 1. The minimum absolute atomic E-state index is 0.355. The van der Waals surface area contributed by atoms with Gasteiger partial charge in [-0.3, -0.25) is 5.43 Å². The van der Waals surface area contributed by atoms with Crippen LogP contribution in [0.1, 0.15) is 43.2 Å². The van der Waals surface area contributed by atoms with Crippen molar-refractivity contribution in [2.24, 2.45) is 11.0 Å².